The third-order valence-electron chi connectivity index (χ3n) is 3.03. The molecule has 120 valence electrons. The molecule has 4 nitrogen and oxygen atoms in total. The van der Waals surface area contributed by atoms with Crippen LogP contribution in [-0.2, 0) is 4.79 Å². The van der Waals surface area contributed by atoms with E-state index in [0.29, 0.717) is 17.2 Å². The summed E-state index contributed by atoms with van der Waals surface area (Å²) in [4.78, 5) is 12.0. The summed E-state index contributed by atoms with van der Waals surface area (Å²) >= 11 is 6.78. The Hall–Kier alpha value is -1.79. The van der Waals surface area contributed by atoms with Crippen LogP contribution >= 0.6 is 31.9 Å². The van der Waals surface area contributed by atoms with Gasteiger partial charge in [0.15, 0.2) is 0 Å². The fourth-order valence-corrected chi connectivity index (χ4v) is 2.85. The molecule has 0 aliphatic carbocycles. The molecule has 0 spiro atoms. The van der Waals surface area contributed by atoms with Gasteiger partial charge in [-0.1, -0.05) is 15.9 Å². The number of anilines is 1. The van der Waals surface area contributed by atoms with Crippen LogP contribution in [0.3, 0.4) is 0 Å². The third kappa shape index (κ3) is 4.84. The van der Waals surface area contributed by atoms with Gasteiger partial charge in [-0.25, -0.2) is 0 Å². The van der Waals surface area contributed by atoms with Crippen molar-refractivity contribution in [3.8, 4) is 11.5 Å². The molecule has 2 rings (SSSR count). The predicted octanol–water partition coefficient (Wildman–Crippen LogP) is 4.88. The van der Waals surface area contributed by atoms with Crippen LogP contribution in [0.4, 0.5) is 5.69 Å². The molecule has 0 fully saturated rings. The highest BCUT2D eigenvalue weighted by atomic mass is 79.9. The van der Waals surface area contributed by atoms with E-state index in [1.54, 1.807) is 38.5 Å². The Morgan fingerprint density at radius 3 is 2.39 bits per heavy atom. The van der Waals surface area contributed by atoms with Crippen molar-refractivity contribution in [1.29, 1.82) is 0 Å². The third-order valence-corrected chi connectivity index (χ3v) is 4.14. The second kappa shape index (κ2) is 8.17. The van der Waals surface area contributed by atoms with Crippen LogP contribution in [-0.4, -0.2) is 20.1 Å². The average molecular weight is 441 g/mol. The molecule has 0 saturated heterocycles. The molecule has 0 unspecified atom stereocenters. The highest BCUT2D eigenvalue weighted by molar-refractivity contribution is 9.10. The van der Waals surface area contributed by atoms with E-state index in [4.69, 9.17) is 9.47 Å². The summed E-state index contributed by atoms with van der Waals surface area (Å²) in [5.41, 5.74) is 1.49. The molecule has 0 aromatic heterocycles. The van der Waals surface area contributed by atoms with Crippen LogP contribution in [0.2, 0.25) is 0 Å². The van der Waals surface area contributed by atoms with Crippen LogP contribution in [0.1, 0.15) is 5.56 Å². The number of rotatable bonds is 5. The van der Waals surface area contributed by atoms with E-state index >= 15 is 0 Å². The standard InChI is InChI=1S/C17H15Br2NO3/c1-22-15-6-4-12(18)9-11(15)3-8-17(21)20-13-5-7-16(23-2)14(19)10-13/h3-10H,1-2H3,(H,20,21)/b8-3+. The van der Waals surface area contributed by atoms with Gasteiger partial charge in [0.2, 0.25) is 5.91 Å². The normalized spacial score (nSPS) is 10.6. The van der Waals surface area contributed by atoms with Crippen molar-refractivity contribution < 1.29 is 14.3 Å². The van der Waals surface area contributed by atoms with Gasteiger partial charge in [-0.15, -0.1) is 0 Å². The van der Waals surface area contributed by atoms with Crippen LogP contribution in [0.25, 0.3) is 6.08 Å². The van der Waals surface area contributed by atoms with Crippen molar-refractivity contribution in [2.45, 2.75) is 0 Å². The Morgan fingerprint density at radius 1 is 1.04 bits per heavy atom. The monoisotopic (exact) mass is 439 g/mol. The molecular formula is C17H15Br2NO3. The molecule has 0 saturated carbocycles. The maximum atomic E-state index is 12.0. The molecule has 2 aromatic carbocycles. The van der Waals surface area contributed by atoms with Gasteiger partial charge in [0.25, 0.3) is 0 Å². The van der Waals surface area contributed by atoms with Crippen molar-refractivity contribution in [1.82, 2.24) is 0 Å². The number of amides is 1. The van der Waals surface area contributed by atoms with Crippen molar-refractivity contribution >= 4 is 49.5 Å². The van der Waals surface area contributed by atoms with Gasteiger partial charge in [-0.3, -0.25) is 4.79 Å². The van der Waals surface area contributed by atoms with Crippen molar-refractivity contribution in [3.63, 3.8) is 0 Å². The maximum absolute atomic E-state index is 12.0. The van der Waals surface area contributed by atoms with Gasteiger partial charge in [-0.2, -0.15) is 0 Å². The summed E-state index contributed by atoms with van der Waals surface area (Å²) in [5, 5.41) is 2.79. The van der Waals surface area contributed by atoms with Crippen molar-refractivity contribution in [2.75, 3.05) is 19.5 Å². The lowest BCUT2D eigenvalue weighted by Gasteiger charge is -2.07. The molecule has 1 amide bonds. The number of carbonyl (C=O) groups excluding carboxylic acids is 1. The summed E-state index contributed by atoms with van der Waals surface area (Å²) in [7, 11) is 3.18. The lowest BCUT2D eigenvalue weighted by molar-refractivity contribution is -0.111. The molecule has 6 heteroatoms. The minimum atomic E-state index is -0.232. The molecule has 2 aromatic rings. The zero-order valence-electron chi connectivity index (χ0n) is 12.6. The highest BCUT2D eigenvalue weighted by Crippen LogP contribution is 2.28. The first-order valence-corrected chi connectivity index (χ1v) is 8.28. The van der Waals surface area contributed by atoms with Gasteiger partial charge in [0.1, 0.15) is 11.5 Å². The van der Waals surface area contributed by atoms with Crippen molar-refractivity contribution in [2.24, 2.45) is 0 Å². The summed E-state index contributed by atoms with van der Waals surface area (Å²) in [6.07, 6.45) is 3.17. The first kappa shape index (κ1) is 17.6. The lowest BCUT2D eigenvalue weighted by atomic mass is 10.2. The van der Waals surface area contributed by atoms with E-state index in [1.807, 2.05) is 18.2 Å². The van der Waals surface area contributed by atoms with E-state index in [1.165, 1.54) is 6.08 Å². The fraction of sp³-hybridized carbons (Fsp3) is 0.118. The number of hydrogen-bond acceptors (Lipinski definition) is 3. The molecule has 0 radical (unpaired) electrons. The second-order valence-electron chi connectivity index (χ2n) is 4.56. The van der Waals surface area contributed by atoms with Crippen LogP contribution in [0.5, 0.6) is 11.5 Å². The zero-order chi connectivity index (χ0) is 16.8. The van der Waals surface area contributed by atoms with Gasteiger partial charge in [-0.05, 0) is 58.4 Å². The van der Waals surface area contributed by atoms with E-state index in [2.05, 4.69) is 37.2 Å². The molecule has 0 aliphatic heterocycles. The Morgan fingerprint density at radius 2 is 1.74 bits per heavy atom. The maximum Gasteiger partial charge on any atom is 0.248 e. The van der Waals surface area contributed by atoms with Crippen LogP contribution in [0.15, 0.2) is 51.4 Å². The number of halogens is 2. The molecule has 0 bridgehead atoms. The van der Waals surface area contributed by atoms with E-state index in [-0.39, 0.29) is 5.91 Å². The first-order valence-electron chi connectivity index (χ1n) is 6.69. The Balaban J connectivity index is 2.10. The fourth-order valence-electron chi connectivity index (χ4n) is 1.93. The zero-order valence-corrected chi connectivity index (χ0v) is 15.8. The van der Waals surface area contributed by atoms with E-state index < -0.39 is 0 Å². The minimum absolute atomic E-state index is 0.232. The minimum Gasteiger partial charge on any atom is -0.496 e. The highest BCUT2D eigenvalue weighted by Gasteiger charge is 2.04. The van der Waals surface area contributed by atoms with E-state index in [9.17, 15) is 4.79 Å². The molecule has 0 aliphatic rings. The number of carbonyl (C=O) groups is 1. The summed E-state index contributed by atoms with van der Waals surface area (Å²) in [6, 6.07) is 10.9. The Labute approximate surface area is 151 Å². The van der Waals surface area contributed by atoms with Gasteiger partial charge in [0, 0.05) is 21.8 Å². The molecule has 23 heavy (non-hydrogen) atoms. The van der Waals surface area contributed by atoms with Crippen LogP contribution < -0.4 is 14.8 Å². The molecular weight excluding hydrogens is 426 g/mol. The summed E-state index contributed by atoms with van der Waals surface area (Å²) in [5.74, 6) is 1.17. The quantitative estimate of drug-likeness (QED) is 0.674. The Bertz CT molecular complexity index is 745. The second-order valence-corrected chi connectivity index (χ2v) is 6.33. The molecule has 0 atom stereocenters. The number of hydrogen-bond donors (Lipinski definition) is 1. The summed E-state index contributed by atoms with van der Waals surface area (Å²) < 4.78 is 12.1. The smallest absolute Gasteiger partial charge is 0.248 e. The molecule has 0 heterocycles. The van der Waals surface area contributed by atoms with E-state index in [0.717, 1.165) is 14.5 Å². The number of methoxy groups -OCH3 is 2. The number of nitrogens with one attached hydrogen (secondary N) is 1. The van der Waals surface area contributed by atoms with Gasteiger partial charge >= 0.3 is 0 Å². The number of ether oxygens (including phenoxy) is 2. The van der Waals surface area contributed by atoms with Crippen molar-refractivity contribution in [3.05, 3.63) is 57.0 Å². The Kier molecular flexibility index (Phi) is 6.24. The molecule has 1 N–H and O–H groups in total. The lowest BCUT2D eigenvalue weighted by Crippen LogP contribution is -2.07. The van der Waals surface area contributed by atoms with Crippen LogP contribution in [0, 0.1) is 0 Å². The first-order chi connectivity index (χ1) is 11.0. The average Bonchev–Trinajstić information content (AvgIpc) is 2.53. The summed E-state index contributed by atoms with van der Waals surface area (Å²) in [6.45, 7) is 0. The van der Waals surface area contributed by atoms with Gasteiger partial charge < -0.3 is 14.8 Å². The topological polar surface area (TPSA) is 47.6 Å². The SMILES string of the molecule is COc1ccc(NC(=O)/C=C/c2cc(Br)ccc2OC)cc1Br. The number of benzene rings is 2. The van der Waals surface area contributed by atoms with Gasteiger partial charge in [0.05, 0.1) is 18.7 Å². The predicted molar refractivity (Wildman–Crippen MR) is 99.1 cm³/mol. The largest absolute Gasteiger partial charge is 0.496 e.